The van der Waals surface area contributed by atoms with E-state index in [1.54, 1.807) is 18.2 Å². The Labute approximate surface area is 140 Å². The predicted octanol–water partition coefficient (Wildman–Crippen LogP) is 2.85. The number of carbonyl (C=O) groups is 1. The first-order valence-corrected chi connectivity index (χ1v) is 7.52. The Morgan fingerprint density at radius 2 is 1.84 bits per heavy atom. The fourth-order valence-electron chi connectivity index (χ4n) is 3.08. The van der Waals surface area contributed by atoms with Crippen LogP contribution in [0.2, 0.25) is 0 Å². The van der Waals surface area contributed by atoms with Crippen LogP contribution in [0.5, 0.6) is 11.5 Å². The quantitative estimate of drug-likeness (QED) is 0.846. The van der Waals surface area contributed by atoms with Gasteiger partial charge >= 0.3 is 6.18 Å². The minimum atomic E-state index is -4.49. The molecule has 25 heavy (non-hydrogen) atoms. The van der Waals surface area contributed by atoms with Gasteiger partial charge in [0.15, 0.2) is 11.5 Å². The number of anilines is 1. The van der Waals surface area contributed by atoms with Crippen molar-refractivity contribution >= 4 is 11.6 Å². The van der Waals surface area contributed by atoms with Crippen LogP contribution in [0.15, 0.2) is 42.5 Å². The van der Waals surface area contributed by atoms with Crippen molar-refractivity contribution in [2.45, 2.75) is 18.3 Å². The smallest absolute Gasteiger partial charge is 0.416 e. The summed E-state index contributed by atoms with van der Waals surface area (Å²) >= 11 is 0. The molecular formula is C17H13F3N2O3. The Morgan fingerprint density at radius 3 is 2.60 bits per heavy atom. The molecule has 2 N–H and O–H groups in total. The van der Waals surface area contributed by atoms with E-state index in [0.29, 0.717) is 17.1 Å². The largest absolute Gasteiger partial charge is 0.454 e. The maximum atomic E-state index is 12.9. The number of hydrogen-bond donors (Lipinski definition) is 1. The average Bonchev–Trinajstić information content (AvgIpc) is 3.05. The van der Waals surface area contributed by atoms with Crippen molar-refractivity contribution in [2.24, 2.45) is 5.73 Å². The Balaban J connectivity index is 1.71. The van der Waals surface area contributed by atoms with Crippen molar-refractivity contribution in [2.75, 3.05) is 11.7 Å². The van der Waals surface area contributed by atoms with E-state index in [4.69, 9.17) is 15.2 Å². The topological polar surface area (TPSA) is 64.8 Å². The number of ether oxygens (including phenoxy) is 2. The molecule has 2 aromatic rings. The van der Waals surface area contributed by atoms with Gasteiger partial charge in [-0.3, -0.25) is 4.79 Å². The maximum absolute atomic E-state index is 12.9. The van der Waals surface area contributed by atoms with Crippen molar-refractivity contribution < 1.29 is 27.4 Å². The predicted molar refractivity (Wildman–Crippen MR) is 82.2 cm³/mol. The molecule has 1 amide bonds. The lowest BCUT2D eigenvalue weighted by Crippen LogP contribution is -2.63. The summed E-state index contributed by atoms with van der Waals surface area (Å²) in [5, 5.41) is 0. The molecule has 130 valence electrons. The van der Waals surface area contributed by atoms with Crippen LogP contribution >= 0.6 is 0 Å². The zero-order chi connectivity index (χ0) is 17.8. The summed E-state index contributed by atoms with van der Waals surface area (Å²) in [6.45, 7) is 0.103. The van der Waals surface area contributed by atoms with Crippen LogP contribution in [-0.4, -0.2) is 18.7 Å². The van der Waals surface area contributed by atoms with Crippen LogP contribution in [-0.2, 0) is 11.0 Å². The van der Waals surface area contributed by atoms with Gasteiger partial charge in [-0.2, -0.15) is 13.2 Å². The van der Waals surface area contributed by atoms with Gasteiger partial charge < -0.3 is 20.1 Å². The minimum absolute atomic E-state index is 0.103. The van der Waals surface area contributed by atoms with Crippen molar-refractivity contribution in [3.63, 3.8) is 0 Å². The maximum Gasteiger partial charge on any atom is 0.416 e. The highest BCUT2D eigenvalue weighted by Gasteiger charge is 2.47. The van der Waals surface area contributed by atoms with Crippen LogP contribution in [0, 0.1) is 0 Å². The lowest BCUT2D eigenvalue weighted by molar-refractivity contribution is -0.137. The second kappa shape index (κ2) is 5.38. The van der Waals surface area contributed by atoms with Crippen molar-refractivity contribution in [3.05, 3.63) is 53.6 Å². The molecule has 0 aliphatic carbocycles. The van der Waals surface area contributed by atoms with E-state index in [9.17, 15) is 18.0 Å². The SMILES string of the molecule is N[C@@H]1C(=O)N(c2cccc(C(F)(F)F)c2)[C@H]1c1ccc2c(c1)OCO2. The molecule has 1 saturated heterocycles. The highest BCUT2D eigenvalue weighted by Crippen LogP contribution is 2.43. The molecular weight excluding hydrogens is 337 g/mol. The molecule has 0 unspecified atom stereocenters. The molecule has 2 aliphatic heterocycles. The summed E-state index contributed by atoms with van der Waals surface area (Å²) < 4.78 is 49.4. The van der Waals surface area contributed by atoms with Gasteiger partial charge in [-0.25, -0.2) is 0 Å². The van der Waals surface area contributed by atoms with Crippen LogP contribution in [0.1, 0.15) is 17.2 Å². The highest BCUT2D eigenvalue weighted by molar-refractivity contribution is 6.05. The Hall–Kier alpha value is -2.74. The number of β-lactam (4-membered cyclic amide) rings is 1. The molecule has 0 bridgehead atoms. The summed E-state index contributed by atoms with van der Waals surface area (Å²) in [6, 6.07) is 8.36. The number of nitrogens with two attached hydrogens (primary N) is 1. The molecule has 2 aromatic carbocycles. The molecule has 5 nitrogen and oxygen atoms in total. The van der Waals surface area contributed by atoms with Crippen LogP contribution in [0.4, 0.5) is 18.9 Å². The first kappa shape index (κ1) is 15.8. The lowest BCUT2D eigenvalue weighted by Gasteiger charge is -2.45. The standard InChI is InChI=1S/C17H13F3N2O3/c18-17(19,20)10-2-1-3-11(7-10)22-15(14(21)16(22)23)9-4-5-12-13(6-9)25-8-24-12/h1-7,14-15H,8,21H2/t14-,15-/m0/s1. The Kier molecular flexibility index (Phi) is 3.40. The van der Waals surface area contributed by atoms with Gasteiger partial charge in [0.05, 0.1) is 11.6 Å². The monoisotopic (exact) mass is 350 g/mol. The summed E-state index contributed by atoms with van der Waals surface area (Å²) in [4.78, 5) is 13.5. The number of carbonyl (C=O) groups excluding carboxylic acids is 1. The molecule has 2 aliphatic rings. The summed E-state index contributed by atoms with van der Waals surface area (Å²) in [5.74, 6) is 0.670. The summed E-state index contributed by atoms with van der Waals surface area (Å²) in [7, 11) is 0. The molecule has 1 fully saturated rings. The number of rotatable bonds is 2. The third-order valence-corrected chi connectivity index (χ3v) is 4.33. The molecule has 0 spiro atoms. The molecule has 0 radical (unpaired) electrons. The second-order valence-electron chi connectivity index (χ2n) is 5.84. The van der Waals surface area contributed by atoms with Crippen LogP contribution in [0.25, 0.3) is 0 Å². The fraction of sp³-hybridized carbons (Fsp3) is 0.235. The van der Waals surface area contributed by atoms with Gasteiger partial charge in [0.25, 0.3) is 0 Å². The number of halogens is 3. The molecule has 4 rings (SSSR count). The number of hydrogen-bond acceptors (Lipinski definition) is 4. The molecule has 0 aromatic heterocycles. The highest BCUT2D eigenvalue weighted by atomic mass is 19.4. The van der Waals surface area contributed by atoms with E-state index in [1.807, 2.05) is 0 Å². The fourth-order valence-corrected chi connectivity index (χ4v) is 3.08. The molecule has 2 heterocycles. The van der Waals surface area contributed by atoms with Crippen molar-refractivity contribution in [1.29, 1.82) is 0 Å². The minimum Gasteiger partial charge on any atom is -0.454 e. The lowest BCUT2D eigenvalue weighted by atomic mass is 9.88. The van der Waals surface area contributed by atoms with Gasteiger partial charge in [0.2, 0.25) is 12.7 Å². The van der Waals surface area contributed by atoms with Gasteiger partial charge in [-0.05, 0) is 35.9 Å². The number of fused-ring (bicyclic) bond motifs is 1. The van der Waals surface area contributed by atoms with E-state index >= 15 is 0 Å². The van der Waals surface area contributed by atoms with Gasteiger partial charge in [0.1, 0.15) is 6.04 Å². The zero-order valence-corrected chi connectivity index (χ0v) is 12.8. The normalized spacial score (nSPS) is 22.1. The van der Waals surface area contributed by atoms with E-state index in [-0.39, 0.29) is 12.5 Å². The molecule has 2 atom stereocenters. The Bertz CT molecular complexity index is 853. The van der Waals surface area contributed by atoms with Crippen LogP contribution < -0.4 is 20.1 Å². The Morgan fingerprint density at radius 1 is 1.08 bits per heavy atom. The number of nitrogens with zero attached hydrogens (tertiary/aromatic N) is 1. The third-order valence-electron chi connectivity index (χ3n) is 4.33. The van der Waals surface area contributed by atoms with Gasteiger partial charge in [-0.1, -0.05) is 12.1 Å². The summed E-state index contributed by atoms with van der Waals surface area (Å²) in [5.41, 5.74) is 5.92. The first-order chi connectivity index (χ1) is 11.9. The zero-order valence-electron chi connectivity index (χ0n) is 12.8. The van der Waals surface area contributed by atoms with Crippen molar-refractivity contribution in [3.8, 4) is 11.5 Å². The van der Waals surface area contributed by atoms with Gasteiger partial charge in [0, 0.05) is 5.69 Å². The average molecular weight is 350 g/mol. The van der Waals surface area contributed by atoms with Gasteiger partial charge in [-0.15, -0.1) is 0 Å². The van der Waals surface area contributed by atoms with E-state index in [2.05, 4.69) is 0 Å². The molecule has 8 heteroatoms. The van der Waals surface area contributed by atoms with E-state index in [1.165, 1.54) is 17.0 Å². The number of amides is 1. The van der Waals surface area contributed by atoms with E-state index in [0.717, 1.165) is 12.1 Å². The summed E-state index contributed by atoms with van der Waals surface area (Å²) in [6.07, 6.45) is -4.49. The van der Waals surface area contributed by atoms with Crippen LogP contribution in [0.3, 0.4) is 0 Å². The molecule has 0 saturated carbocycles. The third kappa shape index (κ3) is 2.49. The van der Waals surface area contributed by atoms with E-state index < -0.39 is 29.7 Å². The number of alkyl halides is 3. The van der Waals surface area contributed by atoms with Crippen molar-refractivity contribution in [1.82, 2.24) is 0 Å². The first-order valence-electron chi connectivity index (χ1n) is 7.52. The second-order valence-corrected chi connectivity index (χ2v) is 5.84. The number of benzene rings is 2.